The number of hydrogen-bond acceptors (Lipinski definition) is 4. The van der Waals surface area contributed by atoms with Gasteiger partial charge in [0.05, 0.1) is 4.92 Å². The van der Waals surface area contributed by atoms with E-state index in [9.17, 15) is 14.9 Å². The number of hydrogen-bond donors (Lipinski definition) is 2. The molecular formula is C11H12N2O4. The molecule has 0 saturated heterocycles. The maximum atomic E-state index is 10.9. The van der Waals surface area contributed by atoms with Gasteiger partial charge in [0.2, 0.25) is 0 Å². The van der Waals surface area contributed by atoms with E-state index in [1.54, 1.807) is 6.08 Å². The zero-order valence-electron chi connectivity index (χ0n) is 9.21. The van der Waals surface area contributed by atoms with Crippen molar-refractivity contribution in [2.24, 2.45) is 0 Å². The van der Waals surface area contributed by atoms with Crippen LogP contribution in [0.1, 0.15) is 17.3 Å². The Bertz CT molecular complexity index is 471. The molecule has 1 aromatic rings. The Morgan fingerprint density at radius 3 is 2.76 bits per heavy atom. The van der Waals surface area contributed by atoms with Crippen LogP contribution in [0.4, 0.5) is 11.4 Å². The van der Waals surface area contributed by atoms with Crippen LogP contribution in [-0.2, 0) is 0 Å². The monoisotopic (exact) mass is 236 g/mol. The number of anilines is 1. The molecule has 1 rings (SSSR count). The molecule has 0 saturated carbocycles. The van der Waals surface area contributed by atoms with Gasteiger partial charge >= 0.3 is 5.97 Å². The van der Waals surface area contributed by atoms with Gasteiger partial charge < -0.3 is 10.4 Å². The highest BCUT2D eigenvalue weighted by molar-refractivity contribution is 5.93. The van der Waals surface area contributed by atoms with E-state index in [0.29, 0.717) is 5.69 Å². The van der Waals surface area contributed by atoms with Crippen molar-refractivity contribution >= 4 is 17.3 Å². The molecule has 0 aromatic heterocycles. The fraction of sp³-hybridized carbons (Fsp3) is 0.182. The number of carboxylic acids is 1. The maximum Gasteiger partial charge on any atom is 0.342 e. The van der Waals surface area contributed by atoms with Gasteiger partial charge in [0.15, 0.2) is 0 Å². The summed E-state index contributed by atoms with van der Waals surface area (Å²) in [6.07, 6.45) is 1.64. The molecule has 6 nitrogen and oxygen atoms in total. The summed E-state index contributed by atoms with van der Waals surface area (Å²) < 4.78 is 0. The Balaban J connectivity index is 3.14. The molecule has 0 bridgehead atoms. The fourth-order valence-electron chi connectivity index (χ4n) is 1.28. The summed E-state index contributed by atoms with van der Waals surface area (Å²) in [5.41, 5.74) is -0.258. The lowest BCUT2D eigenvalue weighted by molar-refractivity contribution is -0.385. The van der Waals surface area contributed by atoms with Crippen LogP contribution in [0.15, 0.2) is 30.9 Å². The lowest BCUT2D eigenvalue weighted by Gasteiger charge is -2.11. The Kier molecular flexibility index (Phi) is 3.82. The van der Waals surface area contributed by atoms with Gasteiger partial charge in [0.25, 0.3) is 5.69 Å². The van der Waals surface area contributed by atoms with E-state index < -0.39 is 16.6 Å². The molecule has 1 atom stereocenters. The minimum absolute atomic E-state index is 0.0573. The van der Waals surface area contributed by atoms with E-state index in [0.717, 1.165) is 0 Å². The summed E-state index contributed by atoms with van der Waals surface area (Å²) in [6, 6.07) is 3.81. The Morgan fingerprint density at radius 2 is 2.29 bits per heavy atom. The first-order valence-corrected chi connectivity index (χ1v) is 4.86. The third-order valence-corrected chi connectivity index (χ3v) is 2.17. The Hall–Kier alpha value is -2.37. The summed E-state index contributed by atoms with van der Waals surface area (Å²) in [6.45, 7) is 5.40. The van der Waals surface area contributed by atoms with Crippen molar-refractivity contribution in [3.63, 3.8) is 0 Å². The van der Waals surface area contributed by atoms with Gasteiger partial charge in [-0.3, -0.25) is 10.1 Å². The van der Waals surface area contributed by atoms with Crippen molar-refractivity contribution < 1.29 is 14.8 Å². The van der Waals surface area contributed by atoms with Crippen molar-refractivity contribution in [3.05, 3.63) is 46.5 Å². The number of nitrogens with zero attached hydrogens (tertiary/aromatic N) is 1. The second-order valence-corrected chi connectivity index (χ2v) is 3.46. The van der Waals surface area contributed by atoms with Gasteiger partial charge in [-0.25, -0.2) is 4.79 Å². The molecule has 2 N–H and O–H groups in total. The first-order valence-electron chi connectivity index (χ1n) is 4.86. The Labute approximate surface area is 97.7 Å². The maximum absolute atomic E-state index is 10.9. The first-order chi connectivity index (χ1) is 7.95. The van der Waals surface area contributed by atoms with Gasteiger partial charge in [0, 0.05) is 17.8 Å². The minimum Gasteiger partial charge on any atom is -0.477 e. The molecule has 6 heteroatoms. The highest BCUT2D eigenvalue weighted by atomic mass is 16.6. The van der Waals surface area contributed by atoms with Crippen molar-refractivity contribution in [2.45, 2.75) is 13.0 Å². The molecule has 0 fully saturated rings. The Morgan fingerprint density at radius 1 is 1.65 bits per heavy atom. The molecule has 17 heavy (non-hydrogen) atoms. The molecule has 0 spiro atoms. The number of carboxylic acid groups (broad SMARTS) is 1. The summed E-state index contributed by atoms with van der Waals surface area (Å²) >= 11 is 0. The molecule has 1 unspecified atom stereocenters. The predicted octanol–water partition coefficient (Wildman–Crippen LogP) is 2.28. The second-order valence-electron chi connectivity index (χ2n) is 3.46. The van der Waals surface area contributed by atoms with Crippen molar-refractivity contribution in [2.75, 3.05) is 5.32 Å². The molecule has 90 valence electrons. The predicted molar refractivity (Wildman–Crippen MR) is 63.3 cm³/mol. The minimum atomic E-state index is -1.33. The standard InChI is InChI=1S/C11H12N2O4/c1-3-7(2)12-8-4-5-10(13(16)17)9(6-8)11(14)15/h3-7,12H,1H2,2H3,(H,14,15). The van der Waals surface area contributed by atoms with Gasteiger partial charge in [0.1, 0.15) is 5.56 Å². The molecule has 0 aliphatic rings. The van der Waals surface area contributed by atoms with Crippen molar-refractivity contribution in [1.82, 2.24) is 0 Å². The van der Waals surface area contributed by atoms with E-state index >= 15 is 0 Å². The zero-order valence-corrected chi connectivity index (χ0v) is 9.21. The van der Waals surface area contributed by atoms with Crippen molar-refractivity contribution in [3.8, 4) is 0 Å². The highest BCUT2D eigenvalue weighted by Crippen LogP contribution is 2.23. The third-order valence-electron chi connectivity index (χ3n) is 2.17. The van der Waals surface area contributed by atoms with Crippen molar-refractivity contribution in [1.29, 1.82) is 0 Å². The largest absolute Gasteiger partial charge is 0.477 e. The van der Waals surface area contributed by atoms with Crippen LogP contribution in [0.5, 0.6) is 0 Å². The van der Waals surface area contributed by atoms with Crippen LogP contribution in [0.2, 0.25) is 0 Å². The number of rotatable bonds is 5. The van der Waals surface area contributed by atoms with Gasteiger partial charge in [-0.1, -0.05) is 6.08 Å². The number of aromatic carboxylic acids is 1. The average molecular weight is 236 g/mol. The highest BCUT2D eigenvalue weighted by Gasteiger charge is 2.19. The number of carbonyl (C=O) groups is 1. The molecule has 0 amide bonds. The average Bonchev–Trinajstić information content (AvgIpc) is 2.28. The summed E-state index contributed by atoms with van der Waals surface area (Å²) in [4.78, 5) is 20.8. The van der Waals surface area contributed by atoms with Gasteiger partial charge in [-0.05, 0) is 19.1 Å². The van der Waals surface area contributed by atoms with Crippen LogP contribution in [-0.4, -0.2) is 22.0 Å². The van der Waals surface area contributed by atoms with E-state index in [2.05, 4.69) is 11.9 Å². The second kappa shape index (κ2) is 5.11. The quantitative estimate of drug-likeness (QED) is 0.464. The topological polar surface area (TPSA) is 92.5 Å². The van der Waals surface area contributed by atoms with Crippen LogP contribution >= 0.6 is 0 Å². The third kappa shape index (κ3) is 3.04. The van der Waals surface area contributed by atoms with Gasteiger partial charge in [-0.15, -0.1) is 6.58 Å². The van der Waals surface area contributed by atoms with Crippen LogP contribution < -0.4 is 5.32 Å². The number of nitro benzene ring substituents is 1. The molecular weight excluding hydrogens is 224 g/mol. The van der Waals surface area contributed by atoms with Gasteiger partial charge in [-0.2, -0.15) is 0 Å². The summed E-state index contributed by atoms with van der Waals surface area (Å²) in [7, 11) is 0. The van der Waals surface area contributed by atoms with Crippen LogP contribution in [0.25, 0.3) is 0 Å². The van der Waals surface area contributed by atoms with E-state index in [1.807, 2.05) is 6.92 Å². The SMILES string of the molecule is C=CC(C)Nc1ccc([N+](=O)[O-])c(C(=O)O)c1. The number of benzene rings is 1. The van der Waals surface area contributed by atoms with Crippen LogP contribution in [0.3, 0.4) is 0 Å². The molecule has 0 aliphatic carbocycles. The number of nitro groups is 1. The zero-order chi connectivity index (χ0) is 13.0. The number of nitrogens with one attached hydrogen (secondary N) is 1. The normalized spacial score (nSPS) is 11.6. The first kappa shape index (κ1) is 12.7. The molecule has 0 radical (unpaired) electrons. The fourth-order valence-corrected chi connectivity index (χ4v) is 1.28. The molecule has 1 aromatic carbocycles. The lowest BCUT2D eigenvalue weighted by atomic mass is 10.1. The summed E-state index contributed by atoms with van der Waals surface area (Å²) in [5.74, 6) is -1.33. The smallest absolute Gasteiger partial charge is 0.342 e. The van der Waals surface area contributed by atoms with E-state index in [-0.39, 0.29) is 11.6 Å². The summed E-state index contributed by atoms with van der Waals surface area (Å²) in [5, 5.41) is 22.4. The van der Waals surface area contributed by atoms with Crippen LogP contribution in [0, 0.1) is 10.1 Å². The molecule has 0 heterocycles. The van der Waals surface area contributed by atoms with E-state index in [1.165, 1.54) is 18.2 Å². The molecule has 0 aliphatic heterocycles. The van der Waals surface area contributed by atoms with E-state index in [4.69, 9.17) is 5.11 Å². The lowest BCUT2D eigenvalue weighted by Crippen LogP contribution is -2.12.